The largest absolute Gasteiger partial charge is 0.356 e. The van der Waals surface area contributed by atoms with E-state index in [1.807, 2.05) is 0 Å². The van der Waals surface area contributed by atoms with Gasteiger partial charge >= 0.3 is 0 Å². The Labute approximate surface area is 73.7 Å². The maximum atomic E-state index is 11.1. The molecular weight excluding hydrogens is 175 g/mol. The molecule has 3 unspecified atom stereocenters. The van der Waals surface area contributed by atoms with Crippen molar-refractivity contribution < 1.29 is 9.59 Å². The lowest BCUT2D eigenvalue weighted by Crippen LogP contribution is -2.28. The fourth-order valence-corrected chi connectivity index (χ4v) is 1.55. The molecule has 0 spiro atoms. The van der Waals surface area contributed by atoms with Gasteiger partial charge in [0.2, 0.25) is 5.91 Å². The van der Waals surface area contributed by atoms with E-state index in [1.165, 1.54) is 0 Å². The Morgan fingerprint density at radius 1 is 1.83 bits per heavy atom. The first-order chi connectivity index (χ1) is 5.77. The standard InChI is InChI=1S/C7H13N2O2P/c10-4-6(9-12)3-5-1-2-8-7(5)11/h4-6,9H,1-3,12H2,(H,8,11). The van der Waals surface area contributed by atoms with Crippen molar-refractivity contribution in [2.24, 2.45) is 5.92 Å². The molecule has 1 amide bonds. The van der Waals surface area contributed by atoms with Crippen molar-refractivity contribution in [3.8, 4) is 0 Å². The molecule has 1 aliphatic heterocycles. The van der Waals surface area contributed by atoms with E-state index in [2.05, 4.69) is 19.8 Å². The van der Waals surface area contributed by atoms with Crippen LogP contribution in [0.2, 0.25) is 0 Å². The van der Waals surface area contributed by atoms with Gasteiger partial charge in [0.15, 0.2) is 0 Å². The first kappa shape index (κ1) is 9.62. The molecule has 0 saturated carbocycles. The molecule has 2 N–H and O–H groups in total. The van der Waals surface area contributed by atoms with E-state index in [-0.39, 0.29) is 17.9 Å². The molecule has 4 nitrogen and oxygen atoms in total. The first-order valence-corrected chi connectivity index (χ1v) is 4.54. The zero-order valence-electron chi connectivity index (χ0n) is 6.75. The predicted molar refractivity (Wildman–Crippen MR) is 48.4 cm³/mol. The van der Waals surface area contributed by atoms with Crippen molar-refractivity contribution in [1.29, 1.82) is 0 Å². The van der Waals surface area contributed by atoms with Gasteiger partial charge in [-0.2, -0.15) is 0 Å². The van der Waals surface area contributed by atoms with Gasteiger partial charge in [-0.25, -0.2) is 0 Å². The van der Waals surface area contributed by atoms with Gasteiger partial charge in [0.1, 0.15) is 6.29 Å². The smallest absolute Gasteiger partial charge is 0.223 e. The van der Waals surface area contributed by atoms with Gasteiger partial charge in [0.05, 0.1) is 6.04 Å². The lowest BCUT2D eigenvalue weighted by molar-refractivity contribution is -0.122. The summed E-state index contributed by atoms with van der Waals surface area (Å²) < 4.78 is 0. The normalized spacial score (nSPS) is 25.1. The number of hydrogen-bond donors (Lipinski definition) is 2. The Balaban J connectivity index is 2.38. The van der Waals surface area contributed by atoms with Gasteiger partial charge in [0, 0.05) is 12.5 Å². The maximum Gasteiger partial charge on any atom is 0.223 e. The Bertz CT molecular complexity index is 186. The third kappa shape index (κ3) is 2.26. The van der Waals surface area contributed by atoms with Gasteiger partial charge < -0.3 is 10.1 Å². The Kier molecular flexibility index (Phi) is 3.63. The zero-order chi connectivity index (χ0) is 8.97. The molecule has 0 bridgehead atoms. The summed E-state index contributed by atoms with van der Waals surface area (Å²) in [6, 6.07) is -0.219. The van der Waals surface area contributed by atoms with Crippen LogP contribution in [0.15, 0.2) is 0 Å². The number of amides is 1. The minimum Gasteiger partial charge on any atom is -0.356 e. The highest BCUT2D eigenvalue weighted by Gasteiger charge is 2.26. The van der Waals surface area contributed by atoms with E-state index in [0.29, 0.717) is 6.42 Å². The van der Waals surface area contributed by atoms with E-state index in [4.69, 9.17) is 0 Å². The second-order valence-electron chi connectivity index (χ2n) is 2.92. The van der Waals surface area contributed by atoms with Gasteiger partial charge in [-0.05, 0) is 12.8 Å². The molecule has 0 aromatic rings. The summed E-state index contributed by atoms with van der Waals surface area (Å²) in [6.45, 7) is 0.742. The van der Waals surface area contributed by atoms with Crippen LogP contribution in [-0.2, 0) is 9.59 Å². The molecule has 0 aromatic carbocycles. The van der Waals surface area contributed by atoms with Crippen molar-refractivity contribution >= 4 is 21.6 Å². The molecular formula is C7H13N2O2P. The molecule has 1 saturated heterocycles. The highest BCUT2D eigenvalue weighted by Crippen LogP contribution is 2.15. The quantitative estimate of drug-likeness (QED) is 0.460. The van der Waals surface area contributed by atoms with E-state index in [9.17, 15) is 9.59 Å². The summed E-state index contributed by atoms with van der Waals surface area (Å²) in [5.74, 6) is 0.0790. The fraction of sp³-hybridized carbons (Fsp3) is 0.714. The number of carbonyl (C=O) groups excluding carboxylic acids is 2. The molecule has 68 valence electrons. The van der Waals surface area contributed by atoms with Crippen molar-refractivity contribution in [3.05, 3.63) is 0 Å². The predicted octanol–water partition coefficient (Wildman–Crippen LogP) is -0.540. The third-order valence-electron chi connectivity index (χ3n) is 2.08. The van der Waals surface area contributed by atoms with Crippen LogP contribution >= 0.6 is 9.39 Å². The van der Waals surface area contributed by atoms with Gasteiger partial charge in [0.25, 0.3) is 0 Å². The summed E-state index contributed by atoms with van der Waals surface area (Å²) in [4.78, 5) is 21.5. The summed E-state index contributed by atoms with van der Waals surface area (Å²) in [5.41, 5.74) is 0. The average molecular weight is 188 g/mol. The van der Waals surface area contributed by atoms with Crippen molar-refractivity contribution in [1.82, 2.24) is 10.4 Å². The van der Waals surface area contributed by atoms with E-state index < -0.39 is 0 Å². The number of aldehydes is 1. The molecule has 5 heteroatoms. The summed E-state index contributed by atoms with van der Waals surface area (Å²) in [7, 11) is 2.29. The molecule has 0 radical (unpaired) electrons. The molecule has 1 rings (SSSR count). The summed E-state index contributed by atoms with van der Waals surface area (Å²) in [5, 5.41) is 5.50. The third-order valence-corrected chi connectivity index (χ3v) is 2.51. The zero-order valence-corrected chi connectivity index (χ0v) is 7.90. The SMILES string of the molecule is O=CC(CC1CCNC1=O)NP. The highest BCUT2D eigenvalue weighted by atomic mass is 31.0. The fourth-order valence-electron chi connectivity index (χ4n) is 1.34. The minimum atomic E-state index is -0.219. The van der Waals surface area contributed by atoms with Crippen LogP contribution in [0.5, 0.6) is 0 Å². The number of nitrogens with one attached hydrogen (secondary N) is 2. The molecule has 1 fully saturated rings. The maximum absolute atomic E-state index is 11.1. The van der Waals surface area contributed by atoms with Crippen LogP contribution in [0, 0.1) is 5.92 Å². The topological polar surface area (TPSA) is 58.2 Å². The lowest BCUT2D eigenvalue weighted by Gasteiger charge is -2.11. The minimum absolute atomic E-state index is 0.00764. The monoisotopic (exact) mass is 188 g/mol. The Morgan fingerprint density at radius 3 is 3.00 bits per heavy atom. The van der Waals surface area contributed by atoms with Gasteiger partial charge in [-0.1, -0.05) is 9.39 Å². The number of rotatable bonds is 4. The van der Waals surface area contributed by atoms with E-state index in [1.54, 1.807) is 0 Å². The van der Waals surface area contributed by atoms with Gasteiger partial charge in [-0.15, -0.1) is 0 Å². The summed E-state index contributed by atoms with van der Waals surface area (Å²) in [6.07, 6.45) is 2.27. The Morgan fingerprint density at radius 2 is 2.58 bits per heavy atom. The van der Waals surface area contributed by atoms with Crippen LogP contribution in [0.4, 0.5) is 0 Å². The molecule has 1 heterocycles. The van der Waals surface area contributed by atoms with Crippen molar-refractivity contribution in [2.75, 3.05) is 6.54 Å². The molecule has 12 heavy (non-hydrogen) atoms. The number of carbonyl (C=O) groups is 2. The second-order valence-corrected chi connectivity index (χ2v) is 3.25. The van der Waals surface area contributed by atoms with E-state index >= 15 is 0 Å². The van der Waals surface area contributed by atoms with Crippen LogP contribution in [0.25, 0.3) is 0 Å². The second kappa shape index (κ2) is 4.53. The summed E-state index contributed by atoms with van der Waals surface area (Å²) >= 11 is 0. The average Bonchev–Trinajstić information content (AvgIpc) is 2.47. The van der Waals surface area contributed by atoms with Crippen LogP contribution in [0.1, 0.15) is 12.8 Å². The van der Waals surface area contributed by atoms with E-state index in [0.717, 1.165) is 19.3 Å². The van der Waals surface area contributed by atoms with Crippen molar-refractivity contribution in [2.45, 2.75) is 18.9 Å². The van der Waals surface area contributed by atoms with Crippen LogP contribution in [-0.4, -0.2) is 24.8 Å². The van der Waals surface area contributed by atoms with Crippen molar-refractivity contribution in [3.63, 3.8) is 0 Å². The van der Waals surface area contributed by atoms with Crippen LogP contribution in [0.3, 0.4) is 0 Å². The highest BCUT2D eigenvalue weighted by molar-refractivity contribution is 7.13. The first-order valence-electron chi connectivity index (χ1n) is 3.97. The molecule has 3 atom stereocenters. The molecule has 1 aliphatic rings. The Hall–Kier alpha value is -0.470. The molecule has 0 aliphatic carbocycles. The molecule has 0 aromatic heterocycles. The number of hydrogen-bond acceptors (Lipinski definition) is 3. The lowest BCUT2D eigenvalue weighted by atomic mass is 10.00. The van der Waals surface area contributed by atoms with Crippen LogP contribution < -0.4 is 10.4 Å². The van der Waals surface area contributed by atoms with Gasteiger partial charge in [-0.3, -0.25) is 9.88 Å².